The van der Waals surface area contributed by atoms with Gasteiger partial charge in [-0.15, -0.1) is 0 Å². The fraction of sp³-hybridized carbons (Fsp3) is 0.960. The molecule has 0 aromatic heterocycles. The van der Waals surface area contributed by atoms with Crippen LogP contribution < -0.4 is 5.32 Å². The number of alkyl carbamates (subject to hydrolysis) is 1. The van der Waals surface area contributed by atoms with Crippen molar-refractivity contribution >= 4 is 14.4 Å². The summed E-state index contributed by atoms with van der Waals surface area (Å²) < 4.78 is 12.1. The van der Waals surface area contributed by atoms with Crippen molar-refractivity contribution in [3.8, 4) is 0 Å². The van der Waals surface area contributed by atoms with Crippen molar-refractivity contribution in [2.45, 2.75) is 123 Å². The van der Waals surface area contributed by atoms with Crippen molar-refractivity contribution in [2.24, 2.45) is 0 Å². The number of carbonyl (C=O) groups excluding carboxylic acids is 1. The highest BCUT2D eigenvalue weighted by Crippen LogP contribution is 2.36. The normalized spacial score (nSPS) is 16.5. The Kier molecular flexibility index (Phi) is 14.0. The summed E-state index contributed by atoms with van der Waals surface area (Å²) in [5.41, 5.74) is 0. The van der Waals surface area contributed by atoms with Crippen molar-refractivity contribution in [3.63, 3.8) is 0 Å². The van der Waals surface area contributed by atoms with Crippen molar-refractivity contribution in [1.82, 2.24) is 10.2 Å². The van der Waals surface area contributed by atoms with E-state index in [2.05, 4.69) is 51.0 Å². The largest absolute Gasteiger partial charge is 0.446 e. The maximum Gasteiger partial charge on any atom is 0.407 e. The van der Waals surface area contributed by atoms with Gasteiger partial charge in [0, 0.05) is 19.7 Å². The molecular weight excluding hydrogens is 404 g/mol. The minimum atomic E-state index is -1.71. The van der Waals surface area contributed by atoms with Crippen LogP contribution in [0.5, 0.6) is 0 Å². The lowest BCUT2D eigenvalue weighted by molar-refractivity contribution is 0.0807. The van der Waals surface area contributed by atoms with E-state index < -0.39 is 8.32 Å². The summed E-state index contributed by atoms with van der Waals surface area (Å²) in [6.45, 7) is 18.4. The van der Waals surface area contributed by atoms with Crippen molar-refractivity contribution in [2.75, 3.05) is 32.8 Å². The molecule has 0 aromatic rings. The number of nitrogens with one attached hydrogen (secondary N) is 1. The van der Waals surface area contributed by atoms with E-state index in [4.69, 9.17) is 9.16 Å². The summed E-state index contributed by atoms with van der Waals surface area (Å²) in [5.74, 6) is 0. The predicted octanol–water partition coefficient (Wildman–Crippen LogP) is 6.73. The molecule has 0 saturated carbocycles. The summed E-state index contributed by atoms with van der Waals surface area (Å²) in [5, 5.41) is 3.20. The molecule has 1 fully saturated rings. The van der Waals surface area contributed by atoms with Gasteiger partial charge in [0.25, 0.3) is 0 Å². The fourth-order valence-electron chi connectivity index (χ4n) is 3.78. The molecule has 5 nitrogen and oxygen atoms in total. The zero-order chi connectivity index (χ0) is 23.2. The van der Waals surface area contributed by atoms with E-state index >= 15 is 0 Å². The van der Waals surface area contributed by atoms with E-state index in [1.54, 1.807) is 0 Å². The molecule has 1 aliphatic heterocycles. The number of hydrogen-bond donors (Lipinski definition) is 1. The summed E-state index contributed by atoms with van der Waals surface area (Å²) >= 11 is 0. The molecule has 0 spiro atoms. The standard InChI is InChI=1S/C25H52N2O3Si/c1-7-8-9-10-11-12-16-23(17-15-22-29-31(5,6)25(2,3)4)30-24(28)26-18-21-27-19-13-14-20-27/h23H,7-22H2,1-6H3,(H,26,28). The first-order chi connectivity index (χ1) is 14.7. The molecule has 1 aliphatic rings. The molecule has 184 valence electrons. The van der Waals surface area contributed by atoms with E-state index in [0.29, 0.717) is 6.54 Å². The van der Waals surface area contributed by atoms with E-state index in [9.17, 15) is 4.79 Å². The van der Waals surface area contributed by atoms with Gasteiger partial charge in [0.1, 0.15) is 6.10 Å². The summed E-state index contributed by atoms with van der Waals surface area (Å²) in [6, 6.07) is 0. The molecule has 1 N–H and O–H groups in total. The van der Waals surface area contributed by atoms with E-state index in [-0.39, 0.29) is 17.2 Å². The van der Waals surface area contributed by atoms with Crippen molar-refractivity contribution in [3.05, 3.63) is 0 Å². The third-order valence-corrected chi connectivity index (χ3v) is 11.5. The Morgan fingerprint density at radius 3 is 2.26 bits per heavy atom. The summed E-state index contributed by atoms with van der Waals surface area (Å²) in [4.78, 5) is 14.8. The third kappa shape index (κ3) is 12.9. The highest BCUT2D eigenvalue weighted by Gasteiger charge is 2.36. The minimum Gasteiger partial charge on any atom is -0.446 e. The van der Waals surface area contributed by atoms with Gasteiger partial charge in [-0.2, -0.15) is 0 Å². The van der Waals surface area contributed by atoms with Crippen molar-refractivity contribution < 1.29 is 14.0 Å². The predicted molar refractivity (Wildman–Crippen MR) is 134 cm³/mol. The molecule has 1 heterocycles. The molecule has 1 saturated heterocycles. The average molecular weight is 457 g/mol. The van der Waals surface area contributed by atoms with Crippen LogP contribution in [0, 0.1) is 0 Å². The molecule has 0 bridgehead atoms. The first-order valence-electron chi connectivity index (χ1n) is 13.0. The lowest BCUT2D eigenvalue weighted by atomic mass is 10.0. The summed E-state index contributed by atoms with van der Waals surface area (Å²) in [6.07, 6.45) is 12.7. The van der Waals surface area contributed by atoms with E-state index in [1.807, 2.05) is 0 Å². The molecule has 1 amide bonds. The molecule has 1 atom stereocenters. The Hall–Kier alpha value is -0.593. The van der Waals surface area contributed by atoms with Crippen LogP contribution in [-0.4, -0.2) is 58.2 Å². The van der Waals surface area contributed by atoms with Gasteiger partial charge in [0.15, 0.2) is 8.32 Å². The molecule has 0 radical (unpaired) electrons. The number of unbranched alkanes of at least 4 members (excludes halogenated alkanes) is 5. The molecule has 0 aliphatic carbocycles. The lowest BCUT2D eigenvalue weighted by Gasteiger charge is -2.36. The van der Waals surface area contributed by atoms with Crippen LogP contribution >= 0.6 is 0 Å². The van der Waals surface area contributed by atoms with Crippen molar-refractivity contribution in [1.29, 1.82) is 0 Å². The number of hydrogen-bond acceptors (Lipinski definition) is 4. The smallest absolute Gasteiger partial charge is 0.407 e. The number of nitrogens with zero attached hydrogens (tertiary/aromatic N) is 1. The molecule has 6 heteroatoms. The molecule has 31 heavy (non-hydrogen) atoms. The molecular formula is C25H52N2O3Si. The second-order valence-electron chi connectivity index (χ2n) is 10.8. The van der Waals surface area contributed by atoms with E-state index in [1.165, 1.54) is 44.9 Å². The van der Waals surface area contributed by atoms with Gasteiger partial charge in [0.2, 0.25) is 0 Å². The number of ether oxygens (including phenoxy) is 1. The lowest BCUT2D eigenvalue weighted by Crippen LogP contribution is -2.41. The molecule has 1 rings (SSSR count). The molecule has 0 aromatic carbocycles. The second-order valence-corrected chi connectivity index (χ2v) is 15.6. The zero-order valence-corrected chi connectivity index (χ0v) is 22.6. The van der Waals surface area contributed by atoms with Gasteiger partial charge in [-0.25, -0.2) is 4.79 Å². The first kappa shape index (κ1) is 28.4. The van der Waals surface area contributed by atoms with Gasteiger partial charge < -0.3 is 19.4 Å². The van der Waals surface area contributed by atoms with Gasteiger partial charge in [-0.1, -0.05) is 59.8 Å². The average Bonchev–Trinajstić information content (AvgIpc) is 3.20. The van der Waals surface area contributed by atoms with Crippen LogP contribution in [0.3, 0.4) is 0 Å². The number of amides is 1. The number of rotatable bonds is 16. The molecule has 1 unspecified atom stereocenters. The second kappa shape index (κ2) is 15.3. The Bertz CT molecular complexity index is 474. The van der Waals surface area contributed by atoms with Gasteiger partial charge >= 0.3 is 6.09 Å². The van der Waals surface area contributed by atoms with Crippen LogP contribution in [0.15, 0.2) is 0 Å². The fourth-order valence-corrected chi connectivity index (χ4v) is 4.87. The van der Waals surface area contributed by atoms with Gasteiger partial charge in [0.05, 0.1) is 0 Å². The van der Waals surface area contributed by atoms with Crippen LogP contribution in [0.4, 0.5) is 4.79 Å². The Balaban J connectivity index is 2.35. The zero-order valence-electron chi connectivity index (χ0n) is 21.6. The van der Waals surface area contributed by atoms with Crippen LogP contribution in [0.1, 0.15) is 98.3 Å². The van der Waals surface area contributed by atoms with Gasteiger partial charge in [-0.3, -0.25) is 0 Å². The quantitative estimate of drug-likeness (QED) is 0.207. The van der Waals surface area contributed by atoms with Crippen LogP contribution in [0.25, 0.3) is 0 Å². The van der Waals surface area contributed by atoms with Gasteiger partial charge in [-0.05, 0) is 69.7 Å². The minimum absolute atomic E-state index is 0.000905. The Morgan fingerprint density at radius 2 is 1.61 bits per heavy atom. The monoisotopic (exact) mass is 456 g/mol. The number of carbonyl (C=O) groups is 1. The topological polar surface area (TPSA) is 50.8 Å². The SMILES string of the molecule is CCCCCCCCC(CCCO[Si](C)(C)C(C)(C)C)OC(=O)NCCN1CCCC1. The summed E-state index contributed by atoms with van der Waals surface area (Å²) in [7, 11) is -1.71. The van der Waals surface area contributed by atoms with E-state index in [0.717, 1.165) is 51.9 Å². The maximum atomic E-state index is 12.3. The highest BCUT2D eigenvalue weighted by molar-refractivity contribution is 6.74. The Morgan fingerprint density at radius 1 is 1.00 bits per heavy atom. The van der Waals surface area contributed by atoms with Crippen LogP contribution in [-0.2, 0) is 9.16 Å². The van der Waals surface area contributed by atoms with Crippen LogP contribution in [0.2, 0.25) is 18.1 Å². The Labute approximate surface area is 194 Å². The number of likely N-dealkylation sites (tertiary alicyclic amines) is 1. The first-order valence-corrected chi connectivity index (χ1v) is 15.9. The highest BCUT2D eigenvalue weighted by atomic mass is 28.4. The third-order valence-electron chi connectivity index (χ3n) is 6.99. The maximum absolute atomic E-state index is 12.3.